The number of nitrogens with two attached hydrogens (primary N) is 1. The minimum absolute atomic E-state index is 0.321. The van der Waals surface area contributed by atoms with Gasteiger partial charge in [-0.2, -0.15) is 8.42 Å². The lowest BCUT2D eigenvalue weighted by Crippen LogP contribution is -2.61. The molecule has 2 atom stereocenters. The van der Waals surface area contributed by atoms with E-state index in [9.17, 15) is 13.0 Å². The first-order chi connectivity index (χ1) is 12.1. The summed E-state index contributed by atoms with van der Waals surface area (Å²) in [6.45, 7) is 0.665. The molecule has 1 aromatic rings. The van der Waals surface area contributed by atoms with Crippen molar-refractivity contribution in [1.29, 1.82) is 0 Å². The van der Waals surface area contributed by atoms with Gasteiger partial charge in [0.25, 0.3) is 0 Å². The van der Waals surface area contributed by atoms with Crippen molar-refractivity contribution >= 4 is 47.9 Å². The Kier molecular flexibility index (Phi) is 4.93. The highest BCUT2D eigenvalue weighted by Gasteiger charge is 2.57. The number of nitrogens with one attached hydrogen (secondary N) is 1. The van der Waals surface area contributed by atoms with Crippen LogP contribution in [0.4, 0.5) is 5.69 Å². The Morgan fingerprint density at radius 3 is 2.50 bits per heavy atom. The first kappa shape index (κ1) is 19.1. The summed E-state index contributed by atoms with van der Waals surface area (Å²) in [6, 6.07) is 4.27. The average Bonchev–Trinajstić information content (AvgIpc) is 2.48. The van der Waals surface area contributed by atoms with Gasteiger partial charge in [-0.3, -0.25) is 4.55 Å². The van der Waals surface area contributed by atoms with Crippen LogP contribution >= 0.6 is 31.9 Å². The molecule has 6 nitrogen and oxygen atoms in total. The normalized spacial score (nSPS) is 35.8. The Balaban J connectivity index is 1.49. The van der Waals surface area contributed by atoms with Crippen molar-refractivity contribution in [3.8, 4) is 0 Å². The van der Waals surface area contributed by atoms with Gasteiger partial charge in [-0.1, -0.05) is 15.9 Å². The lowest BCUT2D eigenvalue weighted by molar-refractivity contribution is -0.124. The minimum atomic E-state index is -4.42. The number of halogens is 2. The van der Waals surface area contributed by atoms with E-state index in [0.29, 0.717) is 43.2 Å². The van der Waals surface area contributed by atoms with Gasteiger partial charge >= 0.3 is 10.4 Å². The molecule has 4 aliphatic rings. The summed E-state index contributed by atoms with van der Waals surface area (Å²) in [5, 5.41) is 3.67. The van der Waals surface area contributed by atoms with E-state index in [1.165, 1.54) is 0 Å². The van der Waals surface area contributed by atoms with Crippen LogP contribution in [0, 0.1) is 17.8 Å². The predicted molar refractivity (Wildman–Crippen MR) is 106 cm³/mol. The van der Waals surface area contributed by atoms with Crippen LogP contribution in [0.1, 0.15) is 37.7 Å². The van der Waals surface area contributed by atoms with Crippen LogP contribution in [0.2, 0.25) is 0 Å². The first-order valence-electron chi connectivity index (χ1n) is 8.79. The molecular formula is C17H22Br2N2O4S. The Morgan fingerprint density at radius 2 is 1.88 bits per heavy atom. The lowest BCUT2D eigenvalue weighted by Gasteiger charge is -2.59. The van der Waals surface area contributed by atoms with Gasteiger partial charge in [-0.05, 0) is 83.5 Å². The molecule has 0 amide bonds. The molecule has 4 bridgehead atoms. The van der Waals surface area contributed by atoms with E-state index in [1.807, 2.05) is 12.1 Å². The van der Waals surface area contributed by atoms with Crippen molar-refractivity contribution in [2.24, 2.45) is 17.8 Å². The maximum Gasteiger partial charge on any atom is 0.397 e. The summed E-state index contributed by atoms with van der Waals surface area (Å²) in [6.07, 6.45) is 4.26. The number of rotatable bonds is 5. The van der Waals surface area contributed by atoms with E-state index in [1.54, 1.807) is 0 Å². The smallest absolute Gasteiger partial charge is 0.397 e. The van der Waals surface area contributed by atoms with Crippen LogP contribution in [0.3, 0.4) is 0 Å². The predicted octanol–water partition coefficient (Wildman–Crippen LogP) is 3.65. The van der Waals surface area contributed by atoms with Crippen molar-refractivity contribution in [2.45, 2.75) is 50.3 Å². The van der Waals surface area contributed by atoms with Gasteiger partial charge in [0.05, 0.1) is 11.3 Å². The fourth-order valence-corrected chi connectivity index (χ4v) is 7.59. The summed E-state index contributed by atoms with van der Waals surface area (Å²) in [4.78, 5) is 0. The highest BCUT2D eigenvalue weighted by atomic mass is 79.9. The summed E-state index contributed by atoms with van der Waals surface area (Å²) >= 11 is 6.98. The summed E-state index contributed by atoms with van der Waals surface area (Å²) in [5.41, 5.74) is 7.24. The fraction of sp³-hybridized carbons (Fsp3) is 0.647. The second kappa shape index (κ2) is 6.70. The molecular weight excluding hydrogens is 488 g/mol. The van der Waals surface area contributed by atoms with Crippen molar-refractivity contribution < 1.29 is 17.2 Å². The molecule has 4 fully saturated rings. The van der Waals surface area contributed by atoms with Gasteiger partial charge in [0.15, 0.2) is 0 Å². The van der Waals surface area contributed by atoms with Gasteiger partial charge in [0, 0.05) is 21.5 Å². The third kappa shape index (κ3) is 3.71. The van der Waals surface area contributed by atoms with Gasteiger partial charge < -0.3 is 11.1 Å². The zero-order valence-corrected chi connectivity index (χ0v) is 18.1. The van der Waals surface area contributed by atoms with Crippen LogP contribution in [-0.4, -0.2) is 24.6 Å². The molecule has 5 rings (SSSR count). The number of hydrogen-bond donors (Lipinski definition) is 3. The summed E-state index contributed by atoms with van der Waals surface area (Å²) in [7, 11) is -4.42. The third-order valence-corrected chi connectivity index (χ3v) is 7.89. The molecule has 0 aromatic heterocycles. The van der Waals surface area contributed by atoms with E-state index in [0.717, 1.165) is 39.5 Å². The topological polar surface area (TPSA) is 102 Å². The largest absolute Gasteiger partial charge is 0.398 e. The number of nitrogen functional groups attached to an aromatic ring is 1. The van der Waals surface area contributed by atoms with Gasteiger partial charge in [-0.25, -0.2) is 4.18 Å². The molecule has 1 aromatic carbocycles. The molecule has 4 saturated carbocycles. The molecule has 0 saturated heterocycles. The number of hydrogen-bond acceptors (Lipinski definition) is 5. The second-order valence-electron chi connectivity index (χ2n) is 8.03. The van der Waals surface area contributed by atoms with Gasteiger partial charge in [0.2, 0.25) is 0 Å². The van der Waals surface area contributed by atoms with Crippen LogP contribution < -0.4 is 11.1 Å². The van der Waals surface area contributed by atoms with E-state index in [-0.39, 0.29) is 0 Å². The summed E-state index contributed by atoms with van der Waals surface area (Å²) < 4.78 is 38.8. The van der Waals surface area contributed by atoms with E-state index in [2.05, 4.69) is 37.2 Å². The van der Waals surface area contributed by atoms with Crippen molar-refractivity contribution in [1.82, 2.24) is 5.32 Å². The lowest BCUT2D eigenvalue weighted by atomic mass is 9.52. The Labute approximate surface area is 170 Å². The number of benzene rings is 1. The molecule has 4 aliphatic carbocycles. The Hall–Kier alpha value is -0.190. The molecule has 9 heteroatoms. The quantitative estimate of drug-likeness (QED) is 0.413. The third-order valence-electron chi connectivity index (χ3n) is 6.21. The van der Waals surface area contributed by atoms with Crippen LogP contribution in [0.15, 0.2) is 21.1 Å². The van der Waals surface area contributed by atoms with Gasteiger partial charge in [0.1, 0.15) is 0 Å². The molecule has 0 spiro atoms. The molecule has 0 heterocycles. The first-order valence-corrected chi connectivity index (χ1v) is 11.7. The summed E-state index contributed by atoms with van der Waals surface area (Å²) in [5.74, 6) is 1.21. The molecule has 26 heavy (non-hydrogen) atoms. The average molecular weight is 510 g/mol. The van der Waals surface area contributed by atoms with Crippen molar-refractivity contribution in [3.05, 3.63) is 26.6 Å². The van der Waals surface area contributed by atoms with Crippen LogP contribution in [0.5, 0.6) is 0 Å². The second-order valence-corrected chi connectivity index (χ2v) is 10.8. The highest BCUT2D eigenvalue weighted by Crippen LogP contribution is 2.57. The highest BCUT2D eigenvalue weighted by molar-refractivity contribution is 9.11. The molecule has 0 radical (unpaired) electrons. The van der Waals surface area contributed by atoms with Crippen LogP contribution in [-0.2, 0) is 21.1 Å². The molecule has 0 aliphatic heterocycles. The van der Waals surface area contributed by atoms with Crippen molar-refractivity contribution in [2.75, 3.05) is 5.73 Å². The molecule has 2 unspecified atom stereocenters. The standard InChI is InChI=1S/C17H22Br2N2O4S/c18-13-3-12(15(20)14(19)4-13)8-21-16-10-1-9-2-11(16)7-17(5-9,6-10)25-26(22,23)24/h3-4,9-11,16,21H,1-2,5-8,20H2,(H,22,23,24). The SMILES string of the molecule is Nc1c(Br)cc(Br)cc1CNC1C2CC3CC1CC(OS(=O)(=O)O)(C3)C2. The number of anilines is 1. The Bertz CT molecular complexity index is 816. The zero-order valence-electron chi connectivity index (χ0n) is 14.1. The van der Waals surface area contributed by atoms with Crippen LogP contribution in [0.25, 0.3) is 0 Å². The molecule has 144 valence electrons. The van der Waals surface area contributed by atoms with E-state index in [4.69, 9.17) is 9.92 Å². The van der Waals surface area contributed by atoms with E-state index >= 15 is 0 Å². The van der Waals surface area contributed by atoms with E-state index < -0.39 is 16.0 Å². The fourth-order valence-electron chi connectivity index (χ4n) is 5.62. The maximum absolute atomic E-state index is 11.3. The molecule has 4 N–H and O–H groups in total. The maximum atomic E-state index is 11.3. The Morgan fingerprint density at radius 1 is 1.23 bits per heavy atom. The zero-order chi connectivity index (χ0) is 18.7. The van der Waals surface area contributed by atoms with Gasteiger partial charge in [-0.15, -0.1) is 0 Å². The monoisotopic (exact) mass is 508 g/mol. The van der Waals surface area contributed by atoms with Crippen molar-refractivity contribution in [3.63, 3.8) is 0 Å². The minimum Gasteiger partial charge on any atom is -0.398 e.